The fourth-order valence-electron chi connectivity index (χ4n) is 1.83. The van der Waals surface area contributed by atoms with Crippen LogP contribution in [0.5, 0.6) is 0 Å². The smallest absolute Gasteiger partial charge is 0.310 e. The first-order chi connectivity index (χ1) is 9.08. The maximum Gasteiger partial charge on any atom is 0.310 e. The highest BCUT2D eigenvalue weighted by Gasteiger charge is 2.42. The SMILES string of the molecule is CC(C)c1ccc(CNC(C)(C)C(C)(C)C(=O)O)cc1. The number of nitrogens with one attached hydrogen (secondary N) is 1. The molecule has 3 nitrogen and oxygen atoms in total. The van der Waals surface area contributed by atoms with Crippen LogP contribution in [0.15, 0.2) is 24.3 Å². The minimum atomic E-state index is -0.828. The number of benzene rings is 1. The highest BCUT2D eigenvalue weighted by atomic mass is 16.4. The summed E-state index contributed by atoms with van der Waals surface area (Å²) in [6.07, 6.45) is 0. The van der Waals surface area contributed by atoms with E-state index >= 15 is 0 Å². The zero-order valence-electron chi connectivity index (χ0n) is 13.4. The van der Waals surface area contributed by atoms with Crippen LogP contribution in [0.2, 0.25) is 0 Å². The Bertz CT molecular complexity index is 458. The molecule has 0 aliphatic rings. The Morgan fingerprint density at radius 2 is 1.65 bits per heavy atom. The lowest BCUT2D eigenvalue weighted by Crippen LogP contribution is -2.54. The van der Waals surface area contributed by atoms with E-state index < -0.39 is 16.9 Å². The van der Waals surface area contributed by atoms with Gasteiger partial charge in [0.15, 0.2) is 0 Å². The van der Waals surface area contributed by atoms with Crippen molar-refractivity contribution in [3.63, 3.8) is 0 Å². The zero-order chi connectivity index (χ0) is 15.6. The van der Waals surface area contributed by atoms with Gasteiger partial charge in [0.25, 0.3) is 0 Å². The molecule has 2 N–H and O–H groups in total. The first kappa shape index (κ1) is 16.7. The minimum Gasteiger partial charge on any atom is -0.481 e. The van der Waals surface area contributed by atoms with Gasteiger partial charge in [0.2, 0.25) is 0 Å². The third kappa shape index (κ3) is 3.60. The van der Waals surface area contributed by atoms with Gasteiger partial charge in [-0.25, -0.2) is 0 Å². The molecule has 0 saturated carbocycles. The summed E-state index contributed by atoms with van der Waals surface area (Å²) in [6, 6.07) is 8.48. The van der Waals surface area contributed by atoms with Gasteiger partial charge in [-0.3, -0.25) is 4.79 Å². The van der Waals surface area contributed by atoms with Crippen LogP contribution in [0.3, 0.4) is 0 Å². The minimum absolute atomic E-state index is 0.491. The van der Waals surface area contributed by atoms with Gasteiger partial charge in [0.1, 0.15) is 0 Å². The topological polar surface area (TPSA) is 49.3 Å². The molecule has 0 unspecified atom stereocenters. The Balaban J connectivity index is 2.73. The molecule has 0 fully saturated rings. The van der Waals surface area contributed by atoms with E-state index in [1.807, 2.05) is 13.8 Å². The van der Waals surface area contributed by atoms with Crippen molar-refractivity contribution >= 4 is 5.97 Å². The van der Waals surface area contributed by atoms with Crippen LogP contribution in [0.1, 0.15) is 58.6 Å². The molecule has 0 radical (unpaired) electrons. The average Bonchev–Trinajstić information content (AvgIpc) is 2.36. The average molecular weight is 277 g/mol. The van der Waals surface area contributed by atoms with E-state index in [0.29, 0.717) is 12.5 Å². The van der Waals surface area contributed by atoms with E-state index in [9.17, 15) is 9.90 Å². The summed E-state index contributed by atoms with van der Waals surface area (Å²) < 4.78 is 0. The van der Waals surface area contributed by atoms with Gasteiger partial charge in [-0.1, -0.05) is 38.1 Å². The van der Waals surface area contributed by atoms with E-state index in [0.717, 1.165) is 0 Å². The van der Waals surface area contributed by atoms with E-state index in [1.54, 1.807) is 13.8 Å². The highest BCUT2D eigenvalue weighted by molar-refractivity contribution is 5.75. The predicted octanol–water partition coefficient (Wildman–Crippen LogP) is 3.79. The highest BCUT2D eigenvalue weighted by Crippen LogP contribution is 2.31. The quantitative estimate of drug-likeness (QED) is 0.831. The Morgan fingerprint density at radius 1 is 1.15 bits per heavy atom. The summed E-state index contributed by atoms with van der Waals surface area (Å²) in [5.41, 5.74) is 1.17. The summed E-state index contributed by atoms with van der Waals surface area (Å²) in [7, 11) is 0. The molecule has 0 atom stereocenters. The number of carbonyl (C=O) groups is 1. The third-order valence-corrected chi connectivity index (χ3v) is 4.48. The lowest BCUT2D eigenvalue weighted by molar-refractivity contribution is -0.151. The van der Waals surface area contributed by atoms with Crippen LogP contribution >= 0.6 is 0 Å². The van der Waals surface area contributed by atoms with Crippen molar-refractivity contribution in [2.45, 2.75) is 59.5 Å². The van der Waals surface area contributed by atoms with Crippen molar-refractivity contribution in [3.8, 4) is 0 Å². The molecule has 112 valence electrons. The molecule has 0 spiro atoms. The first-order valence-electron chi connectivity index (χ1n) is 7.15. The Hall–Kier alpha value is -1.35. The zero-order valence-corrected chi connectivity index (χ0v) is 13.4. The Morgan fingerprint density at radius 3 is 2.05 bits per heavy atom. The standard InChI is InChI=1S/C17H27NO2/c1-12(2)14-9-7-13(8-10-14)11-18-17(5,6)16(3,4)15(19)20/h7-10,12,18H,11H2,1-6H3,(H,19,20). The number of carboxylic acid groups (broad SMARTS) is 1. The summed E-state index contributed by atoms with van der Waals surface area (Å²) in [5, 5.41) is 12.7. The Kier molecular flexibility index (Phi) is 4.98. The maximum absolute atomic E-state index is 11.4. The summed E-state index contributed by atoms with van der Waals surface area (Å²) in [4.78, 5) is 11.4. The third-order valence-electron chi connectivity index (χ3n) is 4.48. The van der Waals surface area contributed by atoms with E-state index in [4.69, 9.17) is 0 Å². The summed E-state index contributed by atoms with van der Waals surface area (Å²) in [5.74, 6) is -0.260. The van der Waals surface area contributed by atoms with Crippen molar-refractivity contribution in [2.75, 3.05) is 0 Å². The second-order valence-corrected chi connectivity index (χ2v) is 6.80. The molecule has 1 aromatic carbocycles. The number of rotatable bonds is 6. The fraction of sp³-hybridized carbons (Fsp3) is 0.588. The maximum atomic E-state index is 11.4. The molecular weight excluding hydrogens is 250 g/mol. The molecular formula is C17H27NO2. The number of hydrogen-bond acceptors (Lipinski definition) is 2. The molecule has 0 aromatic heterocycles. The fourth-order valence-corrected chi connectivity index (χ4v) is 1.83. The molecule has 3 heteroatoms. The summed E-state index contributed by atoms with van der Waals surface area (Å²) in [6.45, 7) is 12.4. The number of aliphatic carboxylic acids is 1. The van der Waals surface area contributed by atoms with Gasteiger partial charge >= 0.3 is 5.97 Å². The van der Waals surface area contributed by atoms with Gasteiger partial charge in [-0.05, 0) is 44.7 Å². The van der Waals surface area contributed by atoms with Crippen LogP contribution in [0.4, 0.5) is 0 Å². The molecule has 0 heterocycles. The predicted molar refractivity (Wildman–Crippen MR) is 82.9 cm³/mol. The second-order valence-electron chi connectivity index (χ2n) is 6.80. The molecule has 1 aromatic rings. The first-order valence-corrected chi connectivity index (χ1v) is 7.15. The number of hydrogen-bond donors (Lipinski definition) is 2. The molecule has 0 amide bonds. The number of carboxylic acids is 1. The van der Waals surface area contributed by atoms with Crippen LogP contribution in [0.25, 0.3) is 0 Å². The van der Waals surface area contributed by atoms with E-state index in [1.165, 1.54) is 11.1 Å². The van der Waals surface area contributed by atoms with Crippen molar-refractivity contribution in [3.05, 3.63) is 35.4 Å². The molecule has 0 aliphatic carbocycles. The van der Waals surface area contributed by atoms with Gasteiger partial charge in [0.05, 0.1) is 5.41 Å². The molecule has 0 bridgehead atoms. The van der Waals surface area contributed by atoms with Crippen molar-refractivity contribution < 1.29 is 9.90 Å². The van der Waals surface area contributed by atoms with Crippen LogP contribution < -0.4 is 5.32 Å². The molecule has 0 aliphatic heterocycles. The van der Waals surface area contributed by atoms with Crippen LogP contribution in [0, 0.1) is 5.41 Å². The van der Waals surface area contributed by atoms with Crippen LogP contribution in [-0.4, -0.2) is 16.6 Å². The van der Waals surface area contributed by atoms with Gasteiger partial charge in [-0.2, -0.15) is 0 Å². The van der Waals surface area contributed by atoms with Gasteiger partial charge < -0.3 is 10.4 Å². The van der Waals surface area contributed by atoms with Crippen LogP contribution in [-0.2, 0) is 11.3 Å². The van der Waals surface area contributed by atoms with Crippen molar-refractivity contribution in [2.24, 2.45) is 5.41 Å². The lowest BCUT2D eigenvalue weighted by Gasteiger charge is -2.39. The lowest BCUT2D eigenvalue weighted by atomic mass is 9.74. The molecule has 20 heavy (non-hydrogen) atoms. The van der Waals surface area contributed by atoms with Crippen molar-refractivity contribution in [1.29, 1.82) is 0 Å². The monoisotopic (exact) mass is 277 g/mol. The van der Waals surface area contributed by atoms with Gasteiger partial charge in [0, 0.05) is 12.1 Å². The normalized spacial score (nSPS) is 12.8. The van der Waals surface area contributed by atoms with E-state index in [-0.39, 0.29) is 0 Å². The van der Waals surface area contributed by atoms with E-state index in [2.05, 4.69) is 43.4 Å². The van der Waals surface area contributed by atoms with Crippen molar-refractivity contribution in [1.82, 2.24) is 5.32 Å². The summed E-state index contributed by atoms with van der Waals surface area (Å²) >= 11 is 0. The molecule has 1 rings (SSSR count). The second kappa shape index (κ2) is 5.96. The largest absolute Gasteiger partial charge is 0.481 e. The molecule has 0 saturated heterocycles. The van der Waals surface area contributed by atoms with Gasteiger partial charge in [-0.15, -0.1) is 0 Å². The Labute approximate surface area is 122 Å².